The fourth-order valence-corrected chi connectivity index (χ4v) is 1.81. The van der Waals surface area contributed by atoms with Gasteiger partial charge in [-0.15, -0.1) is 5.10 Å². The van der Waals surface area contributed by atoms with Gasteiger partial charge in [0.05, 0.1) is 6.20 Å². The van der Waals surface area contributed by atoms with Gasteiger partial charge in [0.15, 0.2) is 0 Å². The zero-order valence-corrected chi connectivity index (χ0v) is 8.11. The Balaban J connectivity index is 2.13. The summed E-state index contributed by atoms with van der Waals surface area (Å²) in [5.74, 6) is 1.19. The van der Waals surface area contributed by atoms with Crippen LogP contribution >= 0.6 is 0 Å². The molecular formula is C9H16N4. The van der Waals surface area contributed by atoms with Crippen molar-refractivity contribution in [1.82, 2.24) is 15.0 Å². The normalized spacial score (nSPS) is 16.8. The summed E-state index contributed by atoms with van der Waals surface area (Å²) in [7, 11) is 0. The van der Waals surface area contributed by atoms with Crippen molar-refractivity contribution in [2.45, 2.75) is 32.7 Å². The predicted molar refractivity (Wildman–Crippen MR) is 51.8 cm³/mol. The van der Waals surface area contributed by atoms with Crippen molar-refractivity contribution >= 4 is 5.82 Å². The Morgan fingerprint density at radius 1 is 1.38 bits per heavy atom. The van der Waals surface area contributed by atoms with E-state index in [2.05, 4.69) is 22.1 Å². The lowest BCUT2D eigenvalue weighted by Crippen LogP contribution is -2.21. The summed E-state index contributed by atoms with van der Waals surface area (Å²) in [5, 5.41) is 8.03. The van der Waals surface area contributed by atoms with Gasteiger partial charge in [-0.2, -0.15) is 0 Å². The highest BCUT2D eigenvalue weighted by Crippen LogP contribution is 2.18. The minimum atomic E-state index is 0.978. The highest BCUT2D eigenvalue weighted by atomic mass is 15.5. The van der Waals surface area contributed by atoms with Gasteiger partial charge in [0.1, 0.15) is 5.82 Å². The number of hydrogen-bond donors (Lipinski definition) is 0. The molecule has 4 heteroatoms. The first kappa shape index (κ1) is 8.53. The van der Waals surface area contributed by atoms with E-state index in [1.807, 2.05) is 10.9 Å². The largest absolute Gasteiger partial charge is 0.355 e. The predicted octanol–water partition coefficient (Wildman–Crippen LogP) is 1.29. The first-order chi connectivity index (χ1) is 6.42. The van der Waals surface area contributed by atoms with Crippen LogP contribution in [0.5, 0.6) is 0 Å². The van der Waals surface area contributed by atoms with E-state index in [0.717, 1.165) is 26.1 Å². The number of aryl methyl sites for hydroxylation is 1. The summed E-state index contributed by atoms with van der Waals surface area (Å²) in [4.78, 5) is 2.37. The van der Waals surface area contributed by atoms with Gasteiger partial charge in [-0.05, 0) is 19.3 Å². The third-order valence-corrected chi connectivity index (χ3v) is 2.46. The number of nitrogens with zero attached hydrogens (tertiary/aromatic N) is 4. The van der Waals surface area contributed by atoms with Gasteiger partial charge >= 0.3 is 0 Å². The third kappa shape index (κ3) is 1.66. The van der Waals surface area contributed by atoms with Crippen molar-refractivity contribution in [3.63, 3.8) is 0 Å². The van der Waals surface area contributed by atoms with Gasteiger partial charge in [-0.25, -0.2) is 4.68 Å². The quantitative estimate of drug-likeness (QED) is 0.703. The van der Waals surface area contributed by atoms with E-state index >= 15 is 0 Å². The first-order valence-electron chi connectivity index (χ1n) is 5.05. The van der Waals surface area contributed by atoms with Crippen LogP contribution in [0.2, 0.25) is 0 Å². The lowest BCUT2D eigenvalue weighted by atomic mass is 10.4. The van der Waals surface area contributed by atoms with Crippen molar-refractivity contribution in [2.24, 2.45) is 0 Å². The number of hydrogen-bond acceptors (Lipinski definition) is 3. The molecule has 13 heavy (non-hydrogen) atoms. The molecule has 2 heterocycles. The van der Waals surface area contributed by atoms with E-state index in [1.165, 1.54) is 18.7 Å². The zero-order valence-electron chi connectivity index (χ0n) is 8.11. The second kappa shape index (κ2) is 3.77. The Morgan fingerprint density at radius 3 is 2.85 bits per heavy atom. The van der Waals surface area contributed by atoms with Crippen LogP contribution in [-0.2, 0) is 6.54 Å². The molecule has 0 spiro atoms. The topological polar surface area (TPSA) is 34.0 Å². The van der Waals surface area contributed by atoms with Gasteiger partial charge in [0, 0.05) is 19.6 Å². The van der Waals surface area contributed by atoms with Gasteiger partial charge in [0.25, 0.3) is 0 Å². The maximum Gasteiger partial charge on any atom is 0.147 e. The minimum absolute atomic E-state index is 0.978. The molecule has 2 rings (SSSR count). The Morgan fingerprint density at radius 2 is 2.15 bits per heavy atom. The summed E-state index contributed by atoms with van der Waals surface area (Å²) in [6.45, 7) is 5.47. The van der Waals surface area contributed by atoms with Gasteiger partial charge in [-0.1, -0.05) is 12.1 Å². The lowest BCUT2D eigenvalue weighted by Gasteiger charge is -2.17. The molecule has 1 saturated heterocycles. The third-order valence-electron chi connectivity index (χ3n) is 2.46. The van der Waals surface area contributed by atoms with Crippen molar-refractivity contribution in [3.8, 4) is 0 Å². The average Bonchev–Trinajstić information content (AvgIpc) is 2.71. The van der Waals surface area contributed by atoms with E-state index in [1.54, 1.807) is 0 Å². The van der Waals surface area contributed by atoms with Crippen LogP contribution < -0.4 is 4.90 Å². The molecule has 0 aromatic carbocycles. The van der Waals surface area contributed by atoms with Crippen LogP contribution in [0.1, 0.15) is 26.2 Å². The molecule has 0 atom stereocenters. The van der Waals surface area contributed by atoms with Crippen molar-refractivity contribution in [3.05, 3.63) is 6.20 Å². The molecule has 72 valence electrons. The zero-order chi connectivity index (χ0) is 9.10. The van der Waals surface area contributed by atoms with Crippen LogP contribution in [0, 0.1) is 0 Å². The molecule has 1 fully saturated rings. The molecule has 1 aliphatic rings. The Labute approximate surface area is 78.5 Å². The Kier molecular flexibility index (Phi) is 2.47. The number of aromatic nitrogens is 3. The van der Waals surface area contributed by atoms with Crippen molar-refractivity contribution in [1.29, 1.82) is 0 Å². The summed E-state index contributed by atoms with van der Waals surface area (Å²) in [6, 6.07) is 0. The molecule has 4 nitrogen and oxygen atoms in total. The molecule has 0 bridgehead atoms. The standard InChI is InChI=1S/C9H16N4/c1-2-5-13-9(8-10-11-13)12-6-3-4-7-12/h8H,2-7H2,1H3. The van der Waals surface area contributed by atoms with Gasteiger partial charge in [-0.3, -0.25) is 0 Å². The van der Waals surface area contributed by atoms with Crippen LogP contribution in [0.4, 0.5) is 5.82 Å². The van der Waals surface area contributed by atoms with Gasteiger partial charge < -0.3 is 4.90 Å². The molecule has 0 radical (unpaired) electrons. The van der Waals surface area contributed by atoms with E-state index in [4.69, 9.17) is 0 Å². The molecule has 0 N–H and O–H groups in total. The molecule has 0 amide bonds. The molecule has 0 aliphatic carbocycles. The Hall–Kier alpha value is -1.06. The van der Waals surface area contributed by atoms with Crippen LogP contribution in [0.15, 0.2) is 6.20 Å². The molecule has 0 saturated carbocycles. The fraction of sp³-hybridized carbons (Fsp3) is 0.778. The highest BCUT2D eigenvalue weighted by Gasteiger charge is 2.16. The monoisotopic (exact) mass is 180 g/mol. The fourth-order valence-electron chi connectivity index (χ4n) is 1.81. The molecule has 1 aromatic heterocycles. The van der Waals surface area contributed by atoms with Crippen molar-refractivity contribution in [2.75, 3.05) is 18.0 Å². The lowest BCUT2D eigenvalue weighted by molar-refractivity contribution is 0.574. The number of rotatable bonds is 3. The van der Waals surface area contributed by atoms with E-state index in [9.17, 15) is 0 Å². The smallest absolute Gasteiger partial charge is 0.147 e. The summed E-state index contributed by atoms with van der Waals surface area (Å²) in [5.41, 5.74) is 0. The maximum atomic E-state index is 4.08. The van der Waals surface area contributed by atoms with Gasteiger partial charge in [0.2, 0.25) is 0 Å². The first-order valence-corrected chi connectivity index (χ1v) is 5.05. The minimum Gasteiger partial charge on any atom is -0.355 e. The number of anilines is 1. The van der Waals surface area contributed by atoms with Crippen molar-refractivity contribution < 1.29 is 0 Å². The highest BCUT2D eigenvalue weighted by molar-refractivity contribution is 5.36. The Bertz CT molecular complexity index is 262. The van der Waals surface area contributed by atoms with E-state index < -0.39 is 0 Å². The summed E-state index contributed by atoms with van der Waals surface area (Å²) >= 11 is 0. The SMILES string of the molecule is CCCn1nncc1N1CCCC1. The molecular weight excluding hydrogens is 164 g/mol. The van der Waals surface area contributed by atoms with E-state index in [-0.39, 0.29) is 0 Å². The van der Waals surface area contributed by atoms with E-state index in [0.29, 0.717) is 0 Å². The van der Waals surface area contributed by atoms with Crippen LogP contribution in [0.25, 0.3) is 0 Å². The average molecular weight is 180 g/mol. The summed E-state index contributed by atoms with van der Waals surface area (Å²) in [6.07, 6.45) is 5.60. The molecule has 1 aliphatic heterocycles. The second-order valence-corrected chi connectivity index (χ2v) is 3.51. The molecule has 0 unspecified atom stereocenters. The molecule has 1 aromatic rings. The van der Waals surface area contributed by atoms with Crippen LogP contribution in [0.3, 0.4) is 0 Å². The summed E-state index contributed by atoms with van der Waals surface area (Å²) < 4.78 is 2.01. The maximum absolute atomic E-state index is 4.08. The van der Waals surface area contributed by atoms with Crippen LogP contribution in [-0.4, -0.2) is 28.1 Å². The second-order valence-electron chi connectivity index (χ2n) is 3.51.